The minimum absolute atomic E-state index is 0.259. The molecule has 4 aromatic rings. The van der Waals surface area contributed by atoms with E-state index in [1.807, 2.05) is 72.8 Å². The average molecular weight is 575 g/mol. The summed E-state index contributed by atoms with van der Waals surface area (Å²) in [6.45, 7) is 0.259. The van der Waals surface area contributed by atoms with Crippen LogP contribution in [0.4, 0.5) is 0 Å². The van der Waals surface area contributed by atoms with Gasteiger partial charge in [0.15, 0.2) is 0 Å². The molecule has 3 fully saturated rings. The molecule has 0 amide bonds. The molecular weight excluding hydrogens is 535 g/mol. The summed E-state index contributed by atoms with van der Waals surface area (Å²) in [5.41, 5.74) is 1.97. The molecule has 0 aromatic heterocycles. The molecule has 4 aromatic carbocycles. The predicted octanol–water partition coefficient (Wildman–Crippen LogP) is 6.46. The van der Waals surface area contributed by atoms with Crippen LogP contribution < -0.4 is 0 Å². The quantitative estimate of drug-likeness (QED) is 0.209. The Bertz CT molecular complexity index is 1310. The number of benzene rings is 4. The summed E-state index contributed by atoms with van der Waals surface area (Å²) in [6.07, 6.45) is 0.991. The Morgan fingerprint density at radius 3 is 1.28 bits per heavy atom. The third-order valence-electron chi connectivity index (χ3n) is 10.1. The van der Waals surface area contributed by atoms with Crippen LogP contribution in [0.1, 0.15) is 35.1 Å². The van der Waals surface area contributed by atoms with Crippen LogP contribution in [0.25, 0.3) is 0 Å². The van der Waals surface area contributed by atoms with Crippen molar-refractivity contribution in [2.75, 3.05) is 20.8 Å². The molecule has 1 aliphatic heterocycles. The van der Waals surface area contributed by atoms with E-state index in [2.05, 4.69) is 48.5 Å². The Kier molecular flexibility index (Phi) is 7.74. The maximum atomic E-state index is 9.77. The van der Waals surface area contributed by atoms with Crippen molar-refractivity contribution in [1.29, 1.82) is 0 Å². The van der Waals surface area contributed by atoms with Crippen molar-refractivity contribution in [3.63, 3.8) is 0 Å². The molecule has 1 saturated heterocycles. The van der Waals surface area contributed by atoms with Crippen molar-refractivity contribution in [3.8, 4) is 0 Å². The monoisotopic (exact) mass is 574 g/mol. The van der Waals surface area contributed by atoms with E-state index in [0.717, 1.165) is 35.1 Å². The van der Waals surface area contributed by atoms with Gasteiger partial charge in [-0.2, -0.15) is 0 Å². The lowest BCUT2D eigenvalue weighted by molar-refractivity contribution is -0.136. The van der Waals surface area contributed by atoms with Crippen LogP contribution in [0, 0.1) is 17.8 Å². The van der Waals surface area contributed by atoms with Gasteiger partial charge in [-0.15, -0.1) is 0 Å². The molecule has 0 bridgehead atoms. The van der Waals surface area contributed by atoms with Gasteiger partial charge in [0.05, 0.1) is 0 Å². The number of methoxy groups -OCH3 is 2. The van der Waals surface area contributed by atoms with Gasteiger partial charge in [0.2, 0.25) is 0 Å². The fourth-order valence-corrected chi connectivity index (χ4v) is 7.77. The predicted molar refractivity (Wildman–Crippen MR) is 167 cm³/mol. The second-order valence-corrected chi connectivity index (χ2v) is 12.2. The van der Waals surface area contributed by atoms with Gasteiger partial charge in [0.25, 0.3) is 0 Å². The SMILES string of the molecule is COC(c1ccccc1)(c1ccccc1)[C@@H]1OB([C@H]2C[C@H]2[C@H]2C[C@H]2CO)O[C@H]1C(OC)(c1ccccc1)c1ccccc1. The van der Waals surface area contributed by atoms with E-state index < -0.39 is 30.5 Å². The summed E-state index contributed by atoms with van der Waals surface area (Å²) in [5, 5.41) is 9.77. The highest BCUT2D eigenvalue weighted by Gasteiger charge is 2.67. The van der Waals surface area contributed by atoms with Crippen LogP contribution in [0.15, 0.2) is 121 Å². The molecule has 5 nitrogen and oxygen atoms in total. The number of aliphatic hydroxyl groups excluding tert-OH is 1. The highest BCUT2D eigenvalue weighted by atomic mass is 16.7. The van der Waals surface area contributed by atoms with Crippen molar-refractivity contribution in [3.05, 3.63) is 144 Å². The lowest BCUT2D eigenvalue weighted by atomic mass is 9.71. The summed E-state index contributed by atoms with van der Waals surface area (Å²) >= 11 is 0. The van der Waals surface area contributed by atoms with Crippen LogP contribution >= 0.6 is 0 Å². The van der Waals surface area contributed by atoms with E-state index in [9.17, 15) is 5.11 Å². The van der Waals surface area contributed by atoms with Gasteiger partial charge in [-0.25, -0.2) is 0 Å². The number of rotatable bonds is 11. The Morgan fingerprint density at radius 2 is 0.977 bits per heavy atom. The first kappa shape index (κ1) is 28.5. The first-order valence-corrected chi connectivity index (χ1v) is 15.4. The summed E-state index contributed by atoms with van der Waals surface area (Å²) < 4.78 is 27.8. The molecule has 0 radical (unpaired) electrons. The fraction of sp³-hybridized carbons (Fsp3) is 0.351. The van der Waals surface area contributed by atoms with E-state index in [4.69, 9.17) is 18.8 Å². The zero-order chi connectivity index (χ0) is 29.4. The number of aliphatic hydroxyl groups is 1. The third kappa shape index (κ3) is 4.77. The molecule has 1 heterocycles. The number of hydrogen-bond donors (Lipinski definition) is 1. The van der Waals surface area contributed by atoms with E-state index in [1.165, 1.54) is 0 Å². The van der Waals surface area contributed by atoms with E-state index in [1.54, 1.807) is 14.2 Å². The Labute approximate surface area is 254 Å². The summed E-state index contributed by atoms with van der Waals surface area (Å²) in [6, 6.07) is 41.4. The molecule has 0 spiro atoms. The first-order valence-electron chi connectivity index (χ1n) is 15.4. The van der Waals surface area contributed by atoms with E-state index in [0.29, 0.717) is 17.8 Å². The van der Waals surface area contributed by atoms with Crippen LogP contribution in [0.5, 0.6) is 0 Å². The normalized spacial score (nSPS) is 26.8. The molecule has 2 saturated carbocycles. The molecule has 220 valence electrons. The molecular formula is C37H39BO5. The Balaban J connectivity index is 1.42. The molecule has 0 unspecified atom stereocenters. The average Bonchev–Trinajstić information content (AvgIpc) is 4.00. The van der Waals surface area contributed by atoms with Gasteiger partial charge >= 0.3 is 7.12 Å². The minimum Gasteiger partial charge on any atom is -0.402 e. The maximum absolute atomic E-state index is 9.77. The molecule has 3 aliphatic rings. The van der Waals surface area contributed by atoms with Gasteiger partial charge < -0.3 is 23.9 Å². The minimum atomic E-state index is -0.993. The maximum Gasteiger partial charge on any atom is 0.461 e. The molecule has 2 aliphatic carbocycles. The lowest BCUT2D eigenvalue weighted by Gasteiger charge is -2.47. The summed E-state index contributed by atoms with van der Waals surface area (Å²) in [4.78, 5) is 0. The van der Waals surface area contributed by atoms with Gasteiger partial charge in [0, 0.05) is 20.8 Å². The van der Waals surface area contributed by atoms with Crippen LogP contribution in [0.3, 0.4) is 0 Å². The van der Waals surface area contributed by atoms with Crippen molar-refractivity contribution >= 4 is 7.12 Å². The van der Waals surface area contributed by atoms with Gasteiger partial charge in [0.1, 0.15) is 23.4 Å². The van der Waals surface area contributed by atoms with E-state index >= 15 is 0 Å². The molecule has 1 N–H and O–H groups in total. The first-order chi connectivity index (χ1) is 21.2. The van der Waals surface area contributed by atoms with Crippen LogP contribution in [-0.2, 0) is 30.0 Å². The highest BCUT2D eigenvalue weighted by molar-refractivity contribution is 6.48. The Morgan fingerprint density at radius 1 is 0.605 bits per heavy atom. The molecule has 43 heavy (non-hydrogen) atoms. The molecule has 6 atom stereocenters. The van der Waals surface area contributed by atoms with E-state index in [-0.39, 0.29) is 12.4 Å². The summed E-state index contributed by atoms with van der Waals surface area (Å²) in [5.74, 6) is 1.71. The smallest absolute Gasteiger partial charge is 0.402 e. The highest BCUT2D eigenvalue weighted by Crippen LogP contribution is 2.64. The van der Waals surface area contributed by atoms with Crippen molar-refractivity contribution in [2.24, 2.45) is 17.8 Å². The van der Waals surface area contributed by atoms with Crippen molar-refractivity contribution in [2.45, 2.75) is 42.1 Å². The van der Waals surface area contributed by atoms with Crippen molar-refractivity contribution < 1.29 is 23.9 Å². The largest absolute Gasteiger partial charge is 0.461 e. The van der Waals surface area contributed by atoms with Gasteiger partial charge in [-0.3, -0.25) is 0 Å². The van der Waals surface area contributed by atoms with Crippen molar-refractivity contribution in [1.82, 2.24) is 0 Å². The zero-order valence-electron chi connectivity index (χ0n) is 24.8. The Hall–Kier alpha value is -3.26. The standard InChI is InChI=1S/C37H39BO5/c1-40-36(27-15-7-3-8-16-27,28-17-9-4-10-18-28)34-35(43-38(42-34)33-24-32(33)31-23-26(31)25-39)37(41-2,29-19-11-5-12-20-29)30-21-13-6-14-22-30/h3-22,26,31-35,39H,23-25H2,1-2H3/t26-,31-,32-,33-,34+,35+/m0/s1. The van der Waals surface area contributed by atoms with Gasteiger partial charge in [-0.05, 0) is 58.7 Å². The second kappa shape index (κ2) is 11.7. The van der Waals surface area contributed by atoms with Gasteiger partial charge in [-0.1, -0.05) is 121 Å². The van der Waals surface area contributed by atoms with Crippen LogP contribution in [0.2, 0.25) is 5.82 Å². The second-order valence-electron chi connectivity index (χ2n) is 12.2. The number of ether oxygens (including phenoxy) is 2. The lowest BCUT2D eigenvalue weighted by Crippen LogP contribution is -2.56. The zero-order valence-corrected chi connectivity index (χ0v) is 24.8. The number of hydrogen-bond acceptors (Lipinski definition) is 5. The molecule has 6 heteroatoms. The van der Waals surface area contributed by atoms with Crippen LogP contribution in [-0.4, -0.2) is 45.3 Å². The third-order valence-corrected chi connectivity index (χ3v) is 10.1. The topological polar surface area (TPSA) is 57.2 Å². The fourth-order valence-electron chi connectivity index (χ4n) is 7.77. The summed E-state index contributed by atoms with van der Waals surface area (Å²) in [7, 11) is 3.11. The molecule has 7 rings (SSSR count).